The molecule has 70 valence electrons. The van der Waals surface area contributed by atoms with E-state index in [4.69, 9.17) is 4.74 Å². The third kappa shape index (κ3) is 2.31. The largest absolute Gasteiger partial charge is 0.494 e. The summed E-state index contributed by atoms with van der Waals surface area (Å²) in [5.41, 5.74) is 0. The summed E-state index contributed by atoms with van der Waals surface area (Å²) in [6, 6.07) is 0. The third-order valence-electron chi connectivity index (χ3n) is 2.11. The fraction of sp³-hybridized carbons (Fsp3) is 0.556. The summed E-state index contributed by atoms with van der Waals surface area (Å²) in [5, 5.41) is 3.18. The average Bonchev–Trinajstić information content (AvgIpc) is 2.99. The monoisotopic (exact) mass is 179 g/mol. The second kappa shape index (κ2) is 3.60. The molecule has 0 amide bonds. The topological polar surface area (TPSA) is 47.0 Å². The molecule has 1 fully saturated rings. The van der Waals surface area contributed by atoms with Crippen LogP contribution in [0.15, 0.2) is 12.4 Å². The Morgan fingerprint density at radius 3 is 2.69 bits per heavy atom. The van der Waals surface area contributed by atoms with Crippen LogP contribution in [0.3, 0.4) is 0 Å². The predicted octanol–water partition coefficient (Wildman–Crippen LogP) is 1.31. The highest BCUT2D eigenvalue weighted by molar-refractivity contribution is 5.27. The quantitative estimate of drug-likeness (QED) is 0.757. The number of nitrogens with one attached hydrogen (secondary N) is 1. The van der Waals surface area contributed by atoms with E-state index in [2.05, 4.69) is 15.3 Å². The Balaban J connectivity index is 1.88. The maximum atomic E-state index is 4.95. The van der Waals surface area contributed by atoms with E-state index < -0.39 is 0 Å². The fourth-order valence-corrected chi connectivity index (χ4v) is 1.07. The molecule has 13 heavy (non-hydrogen) atoms. The molecule has 0 atom stereocenters. The predicted molar refractivity (Wildman–Crippen MR) is 49.8 cm³/mol. The molecule has 1 aliphatic rings. The zero-order valence-electron chi connectivity index (χ0n) is 7.66. The van der Waals surface area contributed by atoms with Gasteiger partial charge in [0.05, 0.1) is 19.5 Å². The number of ether oxygens (including phenoxy) is 1. The normalized spacial score (nSPS) is 15.5. The van der Waals surface area contributed by atoms with Crippen molar-refractivity contribution >= 4 is 5.95 Å². The number of anilines is 1. The van der Waals surface area contributed by atoms with Crippen LogP contribution in [0.1, 0.15) is 12.8 Å². The highest BCUT2D eigenvalue weighted by Gasteiger charge is 2.20. The van der Waals surface area contributed by atoms with Gasteiger partial charge in [0, 0.05) is 6.54 Å². The van der Waals surface area contributed by atoms with Crippen molar-refractivity contribution in [3.63, 3.8) is 0 Å². The Morgan fingerprint density at radius 2 is 2.15 bits per heavy atom. The Bertz CT molecular complexity index is 269. The smallest absolute Gasteiger partial charge is 0.222 e. The van der Waals surface area contributed by atoms with E-state index >= 15 is 0 Å². The minimum atomic E-state index is 0.688. The van der Waals surface area contributed by atoms with Gasteiger partial charge in [-0.3, -0.25) is 0 Å². The van der Waals surface area contributed by atoms with Crippen molar-refractivity contribution in [1.82, 2.24) is 9.97 Å². The summed E-state index contributed by atoms with van der Waals surface area (Å²) >= 11 is 0. The molecule has 1 heterocycles. The highest BCUT2D eigenvalue weighted by atomic mass is 16.5. The second-order valence-electron chi connectivity index (χ2n) is 3.27. The first-order chi connectivity index (χ1) is 6.38. The molecule has 0 spiro atoms. The number of hydrogen-bond acceptors (Lipinski definition) is 4. The molecule has 1 aromatic rings. The molecule has 1 N–H and O–H groups in total. The van der Waals surface area contributed by atoms with E-state index in [1.807, 2.05) is 0 Å². The molecule has 0 radical (unpaired) electrons. The van der Waals surface area contributed by atoms with Crippen LogP contribution in [0.4, 0.5) is 5.95 Å². The second-order valence-corrected chi connectivity index (χ2v) is 3.27. The van der Waals surface area contributed by atoms with Gasteiger partial charge in [-0.15, -0.1) is 0 Å². The molecule has 4 heteroatoms. The molecule has 1 aliphatic carbocycles. The summed E-state index contributed by atoms with van der Waals surface area (Å²) < 4.78 is 4.95. The van der Waals surface area contributed by atoms with Gasteiger partial charge >= 0.3 is 0 Å². The minimum absolute atomic E-state index is 0.688. The van der Waals surface area contributed by atoms with Crippen LogP contribution < -0.4 is 10.1 Å². The Labute approximate surface area is 77.4 Å². The van der Waals surface area contributed by atoms with Crippen molar-refractivity contribution in [2.75, 3.05) is 19.0 Å². The summed E-state index contributed by atoms with van der Waals surface area (Å²) in [4.78, 5) is 8.20. The van der Waals surface area contributed by atoms with Gasteiger partial charge in [0.25, 0.3) is 0 Å². The number of hydrogen-bond donors (Lipinski definition) is 1. The van der Waals surface area contributed by atoms with Crippen LogP contribution in [0, 0.1) is 5.92 Å². The molecule has 0 bridgehead atoms. The zero-order valence-corrected chi connectivity index (χ0v) is 7.66. The highest BCUT2D eigenvalue weighted by Crippen LogP contribution is 2.28. The van der Waals surface area contributed by atoms with Gasteiger partial charge < -0.3 is 10.1 Å². The number of nitrogens with zero attached hydrogens (tertiary/aromatic N) is 2. The van der Waals surface area contributed by atoms with Crippen molar-refractivity contribution in [2.24, 2.45) is 5.92 Å². The lowest BCUT2D eigenvalue weighted by molar-refractivity contribution is 0.411. The van der Waals surface area contributed by atoms with Gasteiger partial charge in [-0.1, -0.05) is 0 Å². The van der Waals surface area contributed by atoms with Gasteiger partial charge in [-0.2, -0.15) is 0 Å². The van der Waals surface area contributed by atoms with E-state index in [0.717, 1.165) is 12.5 Å². The van der Waals surface area contributed by atoms with Crippen molar-refractivity contribution in [1.29, 1.82) is 0 Å². The van der Waals surface area contributed by atoms with Crippen LogP contribution in [-0.2, 0) is 0 Å². The summed E-state index contributed by atoms with van der Waals surface area (Å²) in [6.07, 6.45) is 6.01. The first-order valence-corrected chi connectivity index (χ1v) is 4.48. The molecule has 1 aromatic heterocycles. The van der Waals surface area contributed by atoms with Crippen molar-refractivity contribution in [2.45, 2.75) is 12.8 Å². The first-order valence-electron chi connectivity index (χ1n) is 4.48. The van der Waals surface area contributed by atoms with Crippen LogP contribution in [-0.4, -0.2) is 23.6 Å². The molecule has 0 saturated heterocycles. The van der Waals surface area contributed by atoms with Gasteiger partial charge in [0.1, 0.15) is 0 Å². The SMILES string of the molecule is COc1cnc(NCC2CC2)nc1. The standard InChI is InChI=1S/C9H13N3O/c1-13-8-5-11-9(12-6-8)10-4-7-2-3-7/h5-7H,2-4H2,1H3,(H,10,11,12). The van der Waals surface area contributed by atoms with E-state index in [0.29, 0.717) is 11.7 Å². The third-order valence-corrected chi connectivity index (χ3v) is 2.11. The van der Waals surface area contributed by atoms with E-state index in [1.165, 1.54) is 12.8 Å². The number of rotatable bonds is 4. The Hall–Kier alpha value is -1.32. The zero-order chi connectivity index (χ0) is 9.10. The van der Waals surface area contributed by atoms with Crippen LogP contribution in [0.5, 0.6) is 5.75 Å². The number of aromatic nitrogens is 2. The maximum Gasteiger partial charge on any atom is 0.222 e. The minimum Gasteiger partial charge on any atom is -0.494 e. The molecule has 1 saturated carbocycles. The lowest BCUT2D eigenvalue weighted by Crippen LogP contribution is -2.06. The molecule has 2 rings (SSSR count). The lowest BCUT2D eigenvalue weighted by Gasteiger charge is -2.03. The van der Waals surface area contributed by atoms with E-state index in [1.54, 1.807) is 19.5 Å². The molecular formula is C9H13N3O. The van der Waals surface area contributed by atoms with Crippen molar-refractivity contribution in [3.8, 4) is 5.75 Å². The van der Waals surface area contributed by atoms with Gasteiger partial charge in [-0.05, 0) is 18.8 Å². The lowest BCUT2D eigenvalue weighted by atomic mass is 10.4. The van der Waals surface area contributed by atoms with Gasteiger partial charge in [0.15, 0.2) is 5.75 Å². The van der Waals surface area contributed by atoms with Crippen LogP contribution in [0.2, 0.25) is 0 Å². The number of methoxy groups -OCH3 is 1. The van der Waals surface area contributed by atoms with Gasteiger partial charge in [-0.25, -0.2) is 9.97 Å². The molecule has 0 aromatic carbocycles. The fourth-order valence-electron chi connectivity index (χ4n) is 1.07. The van der Waals surface area contributed by atoms with Crippen molar-refractivity contribution < 1.29 is 4.74 Å². The Morgan fingerprint density at radius 1 is 1.46 bits per heavy atom. The summed E-state index contributed by atoms with van der Waals surface area (Å²) in [6.45, 7) is 0.992. The van der Waals surface area contributed by atoms with Gasteiger partial charge in [0.2, 0.25) is 5.95 Å². The van der Waals surface area contributed by atoms with E-state index in [9.17, 15) is 0 Å². The maximum absolute atomic E-state index is 4.95. The Kier molecular flexibility index (Phi) is 2.29. The molecule has 0 aliphatic heterocycles. The molecule has 0 unspecified atom stereocenters. The van der Waals surface area contributed by atoms with Crippen LogP contribution >= 0.6 is 0 Å². The molecule has 4 nitrogen and oxygen atoms in total. The first kappa shape index (κ1) is 8.29. The molecular weight excluding hydrogens is 166 g/mol. The van der Waals surface area contributed by atoms with Crippen LogP contribution in [0.25, 0.3) is 0 Å². The average molecular weight is 179 g/mol. The summed E-state index contributed by atoms with van der Waals surface area (Å²) in [5.74, 6) is 2.22. The van der Waals surface area contributed by atoms with Crippen molar-refractivity contribution in [3.05, 3.63) is 12.4 Å². The summed E-state index contributed by atoms with van der Waals surface area (Å²) in [7, 11) is 1.61. The van der Waals surface area contributed by atoms with E-state index in [-0.39, 0.29) is 0 Å².